The average molecular weight is 646 g/mol. The number of rotatable bonds is 17. The number of aromatic nitrogens is 3. The minimum Gasteiger partial charge on any atom is -0.468 e. The van der Waals surface area contributed by atoms with Crippen molar-refractivity contribution in [1.29, 1.82) is 0 Å². The summed E-state index contributed by atoms with van der Waals surface area (Å²) in [7, 11) is 3.14. The predicted molar refractivity (Wildman–Crippen MR) is 181 cm³/mol. The van der Waals surface area contributed by atoms with Gasteiger partial charge < -0.3 is 45.5 Å². The summed E-state index contributed by atoms with van der Waals surface area (Å²) >= 11 is 0. The molecule has 252 valence electrons. The molecule has 12 heteroatoms. The number of ether oxygens (including phenoxy) is 2. The molecule has 4 aromatic rings. The Morgan fingerprint density at radius 1 is 1.04 bits per heavy atom. The average Bonchev–Trinajstić information content (AvgIpc) is 3.65. The van der Waals surface area contributed by atoms with Gasteiger partial charge in [-0.15, -0.1) is 0 Å². The van der Waals surface area contributed by atoms with Crippen molar-refractivity contribution in [3.63, 3.8) is 0 Å². The summed E-state index contributed by atoms with van der Waals surface area (Å²) in [6, 6.07) is 18.8. The van der Waals surface area contributed by atoms with E-state index in [1.54, 1.807) is 7.05 Å². The number of esters is 1. The second kappa shape index (κ2) is 16.7. The molecule has 2 aromatic heterocycles. The summed E-state index contributed by atoms with van der Waals surface area (Å²) in [5.41, 5.74) is 8.00. The van der Waals surface area contributed by atoms with Gasteiger partial charge in [-0.2, -0.15) is 0 Å². The molecule has 0 radical (unpaired) electrons. The molecule has 0 unspecified atom stereocenters. The molecule has 0 aliphatic heterocycles. The van der Waals surface area contributed by atoms with E-state index < -0.39 is 24.2 Å². The van der Waals surface area contributed by atoms with E-state index in [2.05, 4.69) is 37.6 Å². The molecule has 6 N–H and O–H groups in total. The van der Waals surface area contributed by atoms with Gasteiger partial charge in [0.15, 0.2) is 0 Å². The topological polar surface area (TPSA) is 160 Å². The molecule has 47 heavy (non-hydrogen) atoms. The van der Waals surface area contributed by atoms with Crippen molar-refractivity contribution in [3.05, 3.63) is 78.8 Å². The van der Waals surface area contributed by atoms with Crippen LogP contribution in [-0.2, 0) is 16.0 Å². The van der Waals surface area contributed by atoms with Crippen LogP contribution in [0.4, 0.5) is 5.82 Å². The Hall–Kier alpha value is -4.07. The zero-order valence-electron chi connectivity index (χ0n) is 27.2. The highest BCUT2D eigenvalue weighted by molar-refractivity contribution is 5.87. The van der Waals surface area contributed by atoms with Crippen LogP contribution in [-0.4, -0.2) is 101 Å². The van der Waals surface area contributed by atoms with Gasteiger partial charge in [0.2, 0.25) is 0 Å². The molecule has 5 atom stereocenters. The number of carbonyl (C=O) groups is 1. The van der Waals surface area contributed by atoms with Crippen LogP contribution in [0, 0.1) is 5.92 Å². The Kier molecular flexibility index (Phi) is 12.1. The van der Waals surface area contributed by atoms with Gasteiger partial charge in [0.05, 0.1) is 24.6 Å². The van der Waals surface area contributed by atoms with E-state index in [-0.39, 0.29) is 12.0 Å². The Bertz CT molecular complexity index is 1550. The number of anilines is 1. The van der Waals surface area contributed by atoms with Crippen LogP contribution in [0.2, 0.25) is 0 Å². The lowest BCUT2D eigenvalue weighted by Crippen LogP contribution is -2.41. The summed E-state index contributed by atoms with van der Waals surface area (Å²) < 4.78 is 12.6. The quantitative estimate of drug-likeness (QED) is 0.0849. The number of fused-ring (bicyclic) bond motifs is 1. The zero-order chi connectivity index (χ0) is 33.2. The highest BCUT2D eigenvalue weighted by atomic mass is 16.5. The number of methoxy groups -OCH3 is 1. The van der Waals surface area contributed by atoms with Crippen molar-refractivity contribution >= 4 is 22.8 Å². The largest absolute Gasteiger partial charge is 0.468 e. The van der Waals surface area contributed by atoms with Crippen LogP contribution >= 0.6 is 0 Å². The molecule has 2 aromatic carbocycles. The van der Waals surface area contributed by atoms with Crippen LogP contribution in [0.25, 0.3) is 11.0 Å². The minimum atomic E-state index is -0.941. The van der Waals surface area contributed by atoms with Crippen LogP contribution in [0.3, 0.4) is 0 Å². The maximum absolute atomic E-state index is 12.0. The molecular formula is C35H47N7O5. The minimum absolute atomic E-state index is 0.172. The number of benzene rings is 2. The molecule has 0 amide bonds. The van der Waals surface area contributed by atoms with Gasteiger partial charge in [0.1, 0.15) is 41.4 Å². The third kappa shape index (κ3) is 8.85. The van der Waals surface area contributed by atoms with Crippen LogP contribution < -0.4 is 21.1 Å². The molecule has 12 nitrogen and oxygen atoms in total. The fourth-order valence-corrected chi connectivity index (χ4v) is 6.34. The number of aliphatic hydroxyl groups is 2. The summed E-state index contributed by atoms with van der Waals surface area (Å²) in [5.74, 6) is 1.73. The Balaban J connectivity index is 1.12. The van der Waals surface area contributed by atoms with Crippen molar-refractivity contribution in [1.82, 2.24) is 24.8 Å². The van der Waals surface area contributed by atoms with Crippen molar-refractivity contribution < 1.29 is 24.5 Å². The number of hydrogen-bond acceptors (Lipinski definition) is 11. The van der Waals surface area contributed by atoms with E-state index in [1.165, 1.54) is 19.0 Å². The summed E-state index contributed by atoms with van der Waals surface area (Å²) in [5, 5.41) is 29.7. The smallest absolute Gasteiger partial charge is 0.322 e. The van der Waals surface area contributed by atoms with Crippen molar-refractivity contribution in [2.75, 3.05) is 52.2 Å². The van der Waals surface area contributed by atoms with E-state index >= 15 is 0 Å². The summed E-state index contributed by atoms with van der Waals surface area (Å²) in [4.78, 5) is 22.9. The first kappa shape index (κ1) is 34.3. The molecule has 0 saturated heterocycles. The lowest BCUT2D eigenvalue weighted by Gasteiger charge is -2.28. The first-order chi connectivity index (χ1) is 22.9. The Labute approximate surface area is 275 Å². The Morgan fingerprint density at radius 2 is 1.81 bits per heavy atom. The number of carbonyl (C=O) groups excluding carboxylic acids is 1. The molecule has 0 spiro atoms. The Morgan fingerprint density at radius 3 is 2.55 bits per heavy atom. The van der Waals surface area contributed by atoms with E-state index in [0.717, 1.165) is 49.4 Å². The van der Waals surface area contributed by atoms with E-state index in [0.29, 0.717) is 37.4 Å². The van der Waals surface area contributed by atoms with Crippen LogP contribution in [0.1, 0.15) is 30.9 Å². The van der Waals surface area contributed by atoms with E-state index in [1.807, 2.05) is 59.3 Å². The summed E-state index contributed by atoms with van der Waals surface area (Å²) in [6.45, 7) is 3.54. The maximum atomic E-state index is 12.0. The second-order valence-corrected chi connectivity index (χ2v) is 12.1. The third-order valence-electron chi connectivity index (χ3n) is 8.95. The first-order valence-corrected chi connectivity index (χ1v) is 16.3. The normalized spacial score (nSPS) is 20.0. The van der Waals surface area contributed by atoms with E-state index in [4.69, 9.17) is 15.2 Å². The van der Waals surface area contributed by atoms with Crippen molar-refractivity contribution in [2.24, 2.45) is 11.7 Å². The van der Waals surface area contributed by atoms with Crippen LogP contribution in [0.5, 0.6) is 11.5 Å². The zero-order valence-corrected chi connectivity index (χ0v) is 27.2. The highest BCUT2D eigenvalue weighted by Gasteiger charge is 2.43. The molecular weight excluding hydrogens is 598 g/mol. The van der Waals surface area contributed by atoms with Crippen molar-refractivity contribution in [2.45, 2.75) is 50.0 Å². The maximum Gasteiger partial charge on any atom is 0.322 e. The van der Waals surface area contributed by atoms with Gasteiger partial charge in [-0.05, 0) is 81.2 Å². The standard InChI is InChI=1S/C35H47N7O5/c1-37-33-28-14-20-42(34(28)40-23-39-33)30-21-25(31(43)32(30)44)22-41(19-15-29(36)35(45)46-2)18-6-16-38-17-13-24-9-11-27(12-10-24)47-26-7-4-3-5-8-26/h3-5,7-12,14,20,23,25,29-32,38,43-44H,6,13,15-19,21-22,36H2,1-2H3,(H,37,39,40)/t25-,29+,30-,31-,32+/m1/s1. The molecule has 1 aliphatic carbocycles. The highest BCUT2D eigenvalue weighted by Crippen LogP contribution is 2.38. The van der Waals surface area contributed by atoms with Crippen molar-refractivity contribution in [3.8, 4) is 11.5 Å². The fraction of sp³-hybridized carbons (Fsp3) is 0.457. The number of aliphatic hydroxyl groups excluding tert-OH is 2. The van der Waals surface area contributed by atoms with Crippen LogP contribution in [0.15, 0.2) is 73.2 Å². The van der Waals surface area contributed by atoms with Gasteiger partial charge in [-0.3, -0.25) is 4.79 Å². The summed E-state index contributed by atoms with van der Waals surface area (Å²) in [6.07, 6.45) is 4.34. The molecule has 1 saturated carbocycles. The molecule has 0 bridgehead atoms. The lowest BCUT2D eigenvalue weighted by molar-refractivity contribution is -0.142. The monoisotopic (exact) mass is 645 g/mol. The number of nitrogens with one attached hydrogen (secondary N) is 2. The second-order valence-electron chi connectivity index (χ2n) is 12.1. The molecule has 1 fully saturated rings. The van der Waals surface area contributed by atoms with Gasteiger partial charge in [0.25, 0.3) is 0 Å². The predicted octanol–water partition coefficient (Wildman–Crippen LogP) is 2.96. The number of nitrogens with two attached hydrogens (primary N) is 1. The lowest BCUT2D eigenvalue weighted by atomic mass is 10.0. The first-order valence-electron chi connectivity index (χ1n) is 16.3. The number of nitrogens with zero attached hydrogens (tertiary/aromatic N) is 4. The third-order valence-corrected chi connectivity index (χ3v) is 8.95. The van der Waals surface area contributed by atoms with Gasteiger partial charge in [-0.25, -0.2) is 9.97 Å². The fourth-order valence-electron chi connectivity index (χ4n) is 6.34. The van der Waals surface area contributed by atoms with E-state index in [9.17, 15) is 15.0 Å². The van der Waals surface area contributed by atoms with Gasteiger partial charge >= 0.3 is 5.97 Å². The number of hydrogen-bond donors (Lipinski definition) is 5. The SMILES string of the molecule is CNc1ncnc2c1ccn2[C@@H]1C[C@H](CN(CCCNCCc2ccc(Oc3ccccc3)cc2)CC[C@H](N)C(=O)OC)[C@@H](O)[C@H]1O. The number of para-hydroxylation sites is 1. The van der Waals surface area contributed by atoms with Gasteiger partial charge in [-0.1, -0.05) is 30.3 Å². The molecule has 1 aliphatic rings. The molecule has 2 heterocycles. The molecule has 5 rings (SSSR count). The van der Waals surface area contributed by atoms with Gasteiger partial charge in [0, 0.05) is 32.3 Å².